The molecule has 2 saturated heterocycles. The van der Waals surface area contributed by atoms with Crippen molar-refractivity contribution in [1.82, 2.24) is 9.80 Å². The van der Waals surface area contributed by atoms with Gasteiger partial charge in [-0.2, -0.15) is 0 Å². The summed E-state index contributed by atoms with van der Waals surface area (Å²) < 4.78 is 0. The maximum atomic E-state index is 12.6. The molecule has 2 fully saturated rings. The van der Waals surface area contributed by atoms with Gasteiger partial charge in [-0.15, -0.1) is 0 Å². The van der Waals surface area contributed by atoms with Crippen LogP contribution < -0.4 is 5.32 Å². The molecule has 1 atom stereocenters. The van der Waals surface area contributed by atoms with Crippen LogP contribution in [-0.4, -0.2) is 47.4 Å². The fourth-order valence-electron chi connectivity index (χ4n) is 3.84. The molecule has 1 N–H and O–H groups in total. The first-order valence-electron chi connectivity index (χ1n) is 8.40. The first-order valence-corrected chi connectivity index (χ1v) is 8.40. The number of amides is 3. The minimum atomic E-state index is -0.170. The third-order valence-corrected chi connectivity index (χ3v) is 5.35. The van der Waals surface area contributed by atoms with Crippen molar-refractivity contribution in [2.24, 2.45) is 0 Å². The highest BCUT2D eigenvalue weighted by Crippen LogP contribution is 2.35. The minimum absolute atomic E-state index is 0.0650. The smallest absolute Gasteiger partial charge is 0.321 e. The van der Waals surface area contributed by atoms with Gasteiger partial charge in [0.1, 0.15) is 0 Å². The van der Waals surface area contributed by atoms with Gasteiger partial charge in [0, 0.05) is 32.2 Å². The van der Waals surface area contributed by atoms with E-state index in [1.165, 1.54) is 0 Å². The molecule has 1 aromatic carbocycles. The second-order valence-electron chi connectivity index (χ2n) is 6.80. The Morgan fingerprint density at radius 3 is 2.74 bits per heavy atom. The lowest BCUT2D eigenvalue weighted by Crippen LogP contribution is -2.62. The van der Waals surface area contributed by atoms with Crippen molar-refractivity contribution in [3.05, 3.63) is 29.8 Å². The van der Waals surface area contributed by atoms with Gasteiger partial charge in [0.05, 0.1) is 5.54 Å². The van der Waals surface area contributed by atoms with Crippen molar-refractivity contribution < 1.29 is 9.59 Å². The van der Waals surface area contributed by atoms with E-state index in [9.17, 15) is 9.59 Å². The Bertz CT molecular complexity index is 612. The maximum Gasteiger partial charge on any atom is 0.321 e. The number of rotatable bonds is 1. The molecule has 2 aliphatic heterocycles. The van der Waals surface area contributed by atoms with Gasteiger partial charge in [-0.25, -0.2) is 4.79 Å². The molecule has 1 spiro atoms. The largest absolute Gasteiger partial charge is 0.338 e. The number of carbonyl (C=O) groups is 2. The summed E-state index contributed by atoms with van der Waals surface area (Å²) in [4.78, 5) is 28.5. The Balaban J connectivity index is 1.72. The van der Waals surface area contributed by atoms with E-state index in [1.807, 2.05) is 48.0 Å². The van der Waals surface area contributed by atoms with Crippen molar-refractivity contribution >= 4 is 17.6 Å². The molecule has 0 saturated carbocycles. The summed E-state index contributed by atoms with van der Waals surface area (Å²) in [6.07, 6.45) is 4.48. The predicted octanol–water partition coefficient (Wildman–Crippen LogP) is 3.00. The van der Waals surface area contributed by atoms with E-state index < -0.39 is 0 Å². The van der Waals surface area contributed by atoms with Crippen LogP contribution in [-0.2, 0) is 4.79 Å². The van der Waals surface area contributed by atoms with Gasteiger partial charge < -0.3 is 15.1 Å². The quantitative estimate of drug-likeness (QED) is 0.866. The second kappa shape index (κ2) is 6.22. The summed E-state index contributed by atoms with van der Waals surface area (Å²) in [6.45, 7) is 3.37. The number of aryl methyl sites for hydroxylation is 1. The number of hydrogen-bond donors (Lipinski definition) is 1. The molecule has 0 aliphatic carbocycles. The number of nitrogens with one attached hydrogen (secondary N) is 1. The van der Waals surface area contributed by atoms with Gasteiger partial charge in [-0.1, -0.05) is 18.2 Å². The highest BCUT2D eigenvalue weighted by Gasteiger charge is 2.44. The van der Waals surface area contributed by atoms with Crippen LogP contribution in [0.15, 0.2) is 24.3 Å². The zero-order chi connectivity index (χ0) is 16.4. The van der Waals surface area contributed by atoms with E-state index in [4.69, 9.17) is 0 Å². The highest BCUT2D eigenvalue weighted by atomic mass is 16.2. The number of anilines is 1. The third kappa shape index (κ3) is 3.05. The number of piperidine rings is 2. The molecule has 3 amide bonds. The Labute approximate surface area is 137 Å². The van der Waals surface area contributed by atoms with Crippen molar-refractivity contribution in [1.29, 1.82) is 0 Å². The fraction of sp³-hybridized carbons (Fsp3) is 0.556. The van der Waals surface area contributed by atoms with Crippen molar-refractivity contribution in [2.45, 2.75) is 44.6 Å². The van der Waals surface area contributed by atoms with Crippen LogP contribution in [0.2, 0.25) is 0 Å². The van der Waals surface area contributed by atoms with Crippen LogP contribution in [0.4, 0.5) is 10.5 Å². The Hall–Kier alpha value is -2.04. The molecule has 2 aliphatic rings. The van der Waals surface area contributed by atoms with Gasteiger partial charge in [0.25, 0.3) is 0 Å². The molecule has 5 heteroatoms. The molecule has 3 rings (SSSR count). The lowest BCUT2D eigenvalue weighted by atomic mass is 9.80. The molecule has 5 nitrogen and oxygen atoms in total. The molecule has 0 radical (unpaired) electrons. The minimum Gasteiger partial charge on any atom is -0.338 e. The number of nitrogens with zero attached hydrogens (tertiary/aromatic N) is 2. The molecule has 0 bridgehead atoms. The first-order chi connectivity index (χ1) is 11.0. The van der Waals surface area contributed by atoms with E-state index in [1.54, 1.807) is 0 Å². The number of benzene rings is 1. The average Bonchev–Trinajstić information content (AvgIpc) is 2.55. The van der Waals surface area contributed by atoms with E-state index in [0.717, 1.165) is 43.5 Å². The topological polar surface area (TPSA) is 52.7 Å². The summed E-state index contributed by atoms with van der Waals surface area (Å²) in [7, 11) is 1.89. The summed E-state index contributed by atoms with van der Waals surface area (Å²) >= 11 is 0. The lowest BCUT2D eigenvalue weighted by molar-refractivity contribution is -0.142. The first kappa shape index (κ1) is 15.8. The van der Waals surface area contributed by atoms with Gasteiger partial charge in [-0.05, 0) is 44.2 Å². The summed E-state index contributed by atoms with van der Waals surface area (Å²) in [5.41, 5.74) is 1.74. The fourth-order valence-corrected chi connectivity index (χ4v) is 3.84. The zero-order valence-corrected chi connectivity index (χ0v) is 14.0. The Morgan fingerprint density at radius 2 is 1.96 bits per heavy atom. The number of likely N-dealkylation sites (tertiary alicyclic amines) is 2. The van der Waals surface area contributed by atoms with Crippen LogP contribution in [0.3, 0.4) is 0 Å². The number of likely N-dealkylation sites (N-methyl/N-ethyl adjacent to an activating group) is 1. The zero-order valence-electron chi connectivity index (χ0n) is 14.0. The van der Waals surface area contributed by atoms with Crippen LogP contribution in [0.1, 0.15) is 37.7 Å². The molecule has 1 aromatic rings. The molecule has 0 aromatic heterocycles. The summed E-state index contributed by atoms with van der Waals surface area (Å²) in [5, 5.41) is 3.01. The van der Waals surface area contributed by atoms with Crippen LogP contribution in [0.5, 0.6) is 0 Å². The SMILES string of the molecule is Cc1ccccc1NC(=O)N1CCC[C@]2(CCCC(=O)N2C)C1. The van der Waals surface area contributed by atoms with E-state index in [0.29, 0.717) is 13.0 Å². The van der Waals surface area contributed by atoms with Crippen LogP contribution in [0.25, 0.3) is 0 Å². The van der Waals surface area contributed by atoms with E-state index >= 15 is 0 Å². The Morgan fingerprint density at radius 1 is 1.22 bits per heavy atom. The summed E-state index contributed by atoms with van der Waals surface area (Å²) in [6, 6.07) is 7.73. The summed E-state index contributed by atoms with van der Waals surface area (Å²) in [5.74, 6) is 0.206. The molecule has 23 heavy (non-hydrogen) atoms. The lowest BCUT2D eigenvalue weighted by Gasteiger charge is -2.50. The number of urea groups is 1. The van der Waals surface area contributed by atoms with Gasteiger partial charge >= 0.3 is 6.03 Å². The number of hydrogen-bond acceptors (Lipinski definition) is 2. The van der Waals surface area contributed by atoms with Gasteiger partial charge in [0.2, 0.25) is 5.91 Å². The van der Waals surface area contributed by atoms with E-state index in [2.05, 4.69) is 5.32 Å². The predicted molar refractivity (Wildman–Crippen MR) is 90.4 cm³/mol. The van der Waals surface area contributed by atoms with Crippen LogP contribution >= 0.6 is 0 Å². The molecule has 0 unspecified atom stereocenters. The highest BCUT2D eigenvalue weighted by molar-refractivity contribution is 5.90. The molecule has 124 valence electrons. The van der Waals surface area contributed by atoms with Crippen molar-refractivity contribution in [2.75, 3.05) is 25.5 Å². The maximum absolute atomic E-state index is 12.6. The molecular weight excluding hydrogens is 290 g/mol. The standard InChI is InChI=1S/C18H25N3O2/c1-14-7-3-4-8-15(14)19-17(23)21-12-6-11-18(13-21)10-5-9-16(22)20(18)2/h3-4,7-8H,5-6,9-13H2,1-2H3,(H,19,23)/t18-/m1/s1. The van der Waals surface area contributed by atoms with Crippen LogP contribution in [0, 0.1) is 6.92 Å². The number of carbonyl (C=O) groups excluding carboxylic acids is 2. The molecule has 2 heterocycles. The van der Waals surface area contributed by atoms with Crippen molar-refractivity contribution in [3.63, 3.8) is 0 Å². The second-order valence-corrected chi connectivity index (χ2v) is 6.80. The van der Waals surface area contributed by atoms with E-state index in [-0.39, 0.29) is 17.5 Å². The third-order valence-electron chi connectivity index (χ3n) is 5.35. The Kier molecular flexibility index (Phi) is 4.28. The van der Waals surface area contributed by atoms with Gasteiger partial charge in [-0.3, -0.25) is 4.79 Å². The average molecular weight is 315 g/mol. The molecular formula is C18H25N3O2. The van der Waals surface area contributed by atoms with Crippen molar-refractivity contribution in [3.8, 4) is 0 Å². The number of para-hydroxylation sites is 1. The normalized spacial score (nSPS) is 24.9. The monoisotopic (exact) mass is 315 g/mol. The van der Waals surface area contributed by atoms with Gasteiger partial charge in [0.15, 0.2) is 0 Å².